The number of nitrogens with one attached hydrogen (secondary N) is 1. The number of nitrogens with zero attached hydrogens (tertiary/aromatic N) is 3. The predicted octanol–water partition coefficient (Wildman–Crippen LogP) is 3.15. The van der Waals surface area contributed by atoms with Crippen LogP contribution in [0.25, 0.3) is 11.4 Å². The van der Waals surface area contributed by atoms with Gasteiger partial charge in [0.15, 0.2) is 5.82 Å². The van der Waals surface area contributed by atoms with Gasteiger partial charge in [-0.3, -0.25) is 5.10 Å². The molecule has 9 heteroatoms. The summed E-state index contributed by atoms with van der Waals surface area (Å²) in [7, 11) is -2.22. The number of halogens is 1. The van der Waals surface area contributed by atoms with Crippen molar-refractivity contribution in [1.29, 1.82) is 0 Å². The van der Waals surface area contributed by atoms with Crippen LogP contribution in [0.3, 0.4) is 0 Å². The monoisotopic (exact) mass is 402 g/mol. The summed E-state index contributed by atoms with van der Waals surface area (Å²) in [6.45, 7) is 0.400. The molecule has 1 aliphatic rings. The highest BCUT2D eigenvalue weighted by Gasteiger charge is 2.38. The Bertz CT molecular complexity index is 1080. The summed E-state index contributed by atoms with van der Waals surface area (Å²) in [6.07, 6.45) is 1.36. The van der Waals surface area contributed by atoms with Crippen molar-refractivity contribution in [3.8, 4) is 17.1 Å². The SMILES string of the molecule is COc1cccc(S(=O)(=O)N2CCC[C@H]2c2nc(-c3ccc(F)cc3)n[nH]2)c1. The number of sulfonamides is 1. The van der Waals surface area contributed by atoms with Gasteiger partial charge in [0.1, 0.15) is 17.4 Å². The summed E-state index contributed by atoms with van der Waals surface area (Å²) in [5.74, 6) is 1.02. The number of methoxy groups -OCH3 is 1. The summed E-state index contributed by atoms with van der Waals surface area (Å²) < 4.78 is 46.0. The Labute approximate surface area is 162 Å². The molecular formula is C19H19FN4O3S. The maximum Gasteiger partial charge on any atom is 0.243 e. The third-order valence-electron chi connectivity index (χ3n) is 4.77. The maximum atomic E-state index is 13.2. The van der Waals surface area contributed by atoms with Crippen LogP contribution in [0.1, 0.15) is 24.7 Å². The van der Waals surface area contributed by atoms with Crippen LogP contribution in [-0.4, -0.2) is 41.6 Å². The molecule has 2 aromatic carbocycles. The molecule has 1 atom stereocenters. The maximum absolute atomic E-state index is 13.2. The predicted molar refractivity (Wildman–Crippen MR) is 101 cm³/mol. The molecule has 4 rings (SSSR count). The molecule has 1 fully saturated rings. The van der Waals surface area contributed by atoms with E-state index in [0.717, 1.165) is 6.42 Å². The normalized spacial score (nSPS) is 17.7. The van der Waals surface area contributed by atoms with Crippen molar-refractivity contribution in [3.63, 3.8) is 0 Å². The summed E-state index contributed by atoms with van der Waals surface area (Å²) in [6, 6.07) is 11.8. The van der Waals surface area contributed by atoms with Crippen LogP contribution >= 0.6 is 0 Å². The van der Waals surface area contributed by atoms with Gasteiger partial charge in [-0.1, -0.05) is 6.07 Å². The van der Waals surface area contributed by atoms with E-state index < -0.39 is 16.1 Å². The molecule has 0 aliphatic carbocycles. The minimum Gasteiger partial charge on any atom is -0.497 e. The third kappa shape index (κ3) is 3.38. The fourth-order valence-electron chi connectivity index (χ4n) is 3.35. The summed E-state index contributed by atoms with van der Waals surface area (Å²) in [4.78, 5) is 4.64. The van der Waals surface area contributed by atoms with Crippen LogP contribution in [0.5, 0.6) is 5.75 Å². The van der Waals surface area contributed by atoms with E-state index in [1.54, 1.807) is 30.3 Å². The average Bonchev–Trinajstić information content (AvgIpc) is 3.38. The van der Waals surface area contributed by atoms with Gasteiger partial charge >= 0.3 is 0 Å². The number of hydrogen-bond acceptors (Lipinski definition) is 5. The van der Waals surface area contributed by atoms with Crippen molar-refractivity contribution in [1.82, 2.24) is 19.5 Å². The Morgan fingerprint density at radius 3 is 2.75 bits per heavy atom. The van der Waals surface area contributed by atoms with Crippen LogP contribution in [-0.2, 0) is 10.0 Å². The fourth-order valence-corrected chi connectivity index (χ4v) is 5.05. The number of hydrogen-bond donors (Lipinski definition) is 1. The van der Waals surface area contributed by atoms with Crippen molar-refractivity contribution < 1.29 is 17.5 Å². The average molecular weight is 402 g/mol. The first kappa shape index (κ1) is 18.6. The van der Waals surface area contributed by atoms with E-state index in [9.17, 15) is 12.8 Å². The second-order valence-electron chi connectivity index (χ2n) is 6.50. The van der Waals surface area contributed by atoms with Gasteiger partial charge in [0.25, 0.3) is 0 Å². The molecule has 0 bridgehead atoms. The van der Waals surface area contributed by atoms with Crippen molar-refractivity contribution in [3.05, 3.63) is 60.2 Å². The lowest BCUT2D eigenvalue weighted by molar-refractivity contribution is 0.383. The second-order valence-corrected chi connectivity index (χ2v) is 8.39. The summed E-state index contributed by atoms with van der Waals surface area (Å²) >= 11 is 0. The molecule has 0 amide bonds. The van der Waals surface area contributed by atoms with Gasteiger partial charge in [-0.25, -0.2) is 17.8 Å². The third-order valence-corrected chi connectivity index (χ3v) is 6.68. The van der Waals surface area contributed by atoms with Crippen LogP contribution in [0, 0.1) is 5.82 Å². The van der Waals surface area contributed by atoms with Gasteiger partial charge in [0.05, 0.1) is 18.0 Å². The number of aromatic amines is 1. The number of aromatic nitrogens is 3. The highest BCUT2D eigenvalue weighted by atomic mass is 32.2. The van der Waals surface area contributed by atoms with E-state index in [0.29, 0.717) is 35.9 Å². The number of benzene rings is 2. The fraction of sp³-hybridized carbons (Fsp3) is 0.263. The highest BCUT2D eigenvalue weighted by molar-refractivity contribution is 7.89. The summed E-state index contributed by atoms with van der Waals surface area (Å²) in [5.41, 5.74) is 0.657. The van der Waals surface area contributed by atoms with E-state index in [1.165, 1.54) is 29.6 Å². The van der Waals surface area contributed by atoms with Gasteiger partial charge in [-0.15, -0.1) is 0 Å². The Kier molecular flexibility index (Phi) is 4.86. The molecule has 7 nitrogen and oxygen atoms in total. The van der Waals surface area contributed by atoms with E-state index in [2.05, 4.69) is 15.2 Å². The van der Waals surface area contributed by atoms with E-state index in [-0.39, 0.29) is 10.7 Å². The van der Waals surface area contributed by atoms with Crippen molar-refractivity contribution in [2.75, 3.05) is 13.7 Å². The van der Waals surface area contributed by atoms with Crippen molar-refractivity contribution in [2.24, 2.45) is 0 Å². The Morgan fingerprint density at radius 1 is 1.21 bits per heavy atom. The zero-order chi connectivity index (χ0) is 19.7. The number of H-pyrrole nitrogens is 1. The van der Waals surface area contributed by atoms with E-state index in [1.807, 2.05) is 0 Å². The minimum absolute atomic E-state index is 0.178. The molecule has 0 spiro atoms. The molecule has 2 heterocycles. The lowest BCUT2D eigenvalue weighted by Crippen LogP contribution is -2.31. The quantitative estimate of drug-likeness (QED) is 0.708. The molecule has 1 aliphatic heterocycles. The van der Waals surface area contributed by atoms with Crippen LogP contribution in [0.2, 0.25) is 0 Å². The smallest absolute Gasteiger partial charge is 0.243 e. The first-order valence-electron chi connectivity index (χ1n) is 8.83. The molecule has 146 valence electrons. The topological polar surface area (TPSA) is 88.2 Å². The Balaban J connectivity index is 1.64. The number of rotatable bonds is 5. The molecule has 3 aromatic rings. The largest absolute Gasteiger partial charge is 0.497 e. The molecule has 1 aromatic heterocycles. The van der Waals surface area contributed by atoms with Crippen molar-refractivity contribution >= 4 is 10.0 Å². The lowest BCUT2D eigenvalue weighted by atomic mass is 10.2. The van der Waals surface area contributed by atoms with Gasteiger partial charge in [-0.05, 0) is 49.2 Å². The number of ether oxygens (including phenoxy) is 1. The molecular weight excluding hydrogens is 383 g/mol. The van der Waals surface area contributed by atoms with Crippen LogP contribution in [0.15, 0.2) is 53.4 Å². The first-order chi connectivity index (χ1) is 13.5. The summed E-state index contributed by atoms with van der Waals surface area (Å²) in [5, 5.41) is 7.03. The zero-order valence-corrected chi connectivity index (χ0v) is 16.0. The highest BCUT2D eigenvalue weighted by Crippen LogP contribution is 2.36. The molecule has 0 radical (unpaired) electrons. The molecule has 28 heavy (non-hydrogen) atoms. The van der Waals surface area contributed by atoms with Gasteiger partial charge in [-0.2, -0.15) is 9.40 Å². The Morgan fingerprint density at radius 2 is 2.00 bits per heavy atom. The molecule has 0 unspecified atom stereocenters. The van der Waals surface area contributed by atoms with E-state index >= 15 is 0 Å². The first-order valence-corrected chi connectivity index (χ1v) is 10.3. The van der Waals surface area contributed by atoms with Gasteiger partial charge in [0.2, 0.25) is 10.0 Å². The minimum atomic E-state index is -3.71. The molecule has 1 saturated heterocycles. The second kappa shape index (κ2) is 7.33. The Hall–Kier alpha value is -2.78. The molecule has 0 saturated carbocycles. The van der Waals surface area contributed by atoms with Crippen LogP contribution < -0.4 is 4.74 Å². The lowest BCUT2D eigenvalue weighted by Gasteiger charge is -2.22. The molecule has 1 N–H and O–H groups in total. The standard InChI is InChI=1S/C19H19FN4O3S/c1-27-15-4-2-5-16(12-15)28(25,26)24-11-3-6-17(24)19-21-18(22-23-19)13-7-9-14(20)10-8-13/h2,4-5,7-10,12,17H,3,6,11H2,1H3,(H,21,22,23)/t17-/m0/s1. The van der Waals surface area contributed by atoms with Gasteiger partial charge in [0, 0.05) is 18.2 Å². The van der Waals surface area contributed by atoms with Gasteiger partial charge < -0.3 is 4.74 Å². The van der Waals surface area contributed by atoms with Crippen LogP contribution in [0.4, 0.5) is 4.39 Å². The zero-order valence-electron chi connectivity index (χ0n) is 15.2. The van der Waals surface area contributed by atoms with Crippen molar-refractivity contribution in [2.45, 2.75) is 23.8 Å². The van der Waals surface area contributed by atoms with E-state index in [4.69, 9.17) is 4.74 Å².